The zero-order valence-corrected chi connectivity index (χ0v) is 14.3. The van der Waals surface area contributed by atoms with E-state index < -0.39 is 0 Å². The van der Waals surface area contributed by atoms with Crippen molar-refractivity contribution in [3.63, 3.8) is 0 Å². The van der Waals surface area contributed by atoms with Crippen LogP contribution in [0.2, 0.25) is 0 Å². The molecule has 0 radical (unpaired) electrons. The van der Waals surface area contributed by atoms with Crippen LogP contribution in [0, 0.1) is 5.92 Å². The van der Waals surface area contributed by atoms with Gasteiger partial charge in [0.2, 0.25) is 0 Å². The first-order valence-corrected chi connectivity index (χ1v) is 9.19. The average Bonchev–Trinajstić information content (AvgIpc) is 3.19. The molecule has 2 aromatic rings. The van der Waals surface area contributed by atoms with E-state index in [4.69, 9.17) is 0 Å². The number of fused-ring (bicyclic) bond motifs is 3. The molecular weight excluding hydrogens is 310 g/mol. The fraction of sp³-hybridized carbons (Fsp3) is 0.625. The highest BCUT2D eigenvalue weighted by Gasteiger charge is 2.41. The molecule has 1 saturated heterocycles. The minimum atomic E-state index is 0.0721. The van der Waals surface area contributed by atoms with Gasteiger partial charge in [-0.15, -0.1) is 21.5 Å². The zero-order valence-electron chi connectivity index (χ0n) is 13.5. The van der Waals surface area contributed by atoms with Crippen molar-refractivity contribution in [1.82, 2.24) is 24.6 Å². The summed E-state index contributed by atoms with van der Waals surface area (Å²) >= 11 is 1.47. The van der Waals surface area contributed by atoms with E-state index in [1.807, 2.05) is 5.38 Å². The predicted octanol–water partition coefficient (Wildman–Crippen LogP) is 2.16. The molecule has 1 amide bonds. The van der Waals surface area contributed by atoms with Gasteiger partial charge in [0.1, 0.15) is 17.3 Å². The molecule has 23 heavy (non-hydrogen) atoms. The van der Waals surface area contributed by atoms with Crippen LogP contribution in [0.1, 0.15) is 48.8 Å². The maximum Gasteiger partial charge on any atom is 0.273 e. The highest BCUT2D eigenvalue weighted by Crippen LogP contribution is 2.33. The maximum atomic E-state index is 12.8. The number of hydrogen-bond acceptors (Lipinski definition) is 5. The molecule has 0 aromatic carbocycles. The van der Waals surface area contributed by atoms with E-state index in [1.165, 1.54) is 11.3 Å². The lowest BCUT2D eigenvalue weighted by molar-refractivity contribution is 0.0660. The monoisotopic (exact) mass is 331 g/mol. The van der Waals surface area contributed by atoms with Crippen LogP contribution in [-0.2, 0) is 19.4 Å². The van der Waals surface area contributed by atoms with Crippen LogP contribution in [0.3, 0.4) is 0 Å². The number of nitrogens with zero attached hydrogens (tertiary/aromatic N) is 5. The van der Waals surface area contributed by atoms with Crippen molar-refractivity contribution in [3.05, 3.63) is 28.2 Å². The van der Waals surface area contributed by atoms with Crippen LogP contribution in [0.5, 0.6) is 0 Å². The highest BCUT2D eigenvalue weighted by molar-refractivity contribution is 7.07. The number of hydrogen-bond donors (Lipinski definition) is 0. The fourth-order valence-corrected chi connectivity index (χ4v) is 4.32. The minimum Gasteiger partial charge on any atom is -0.329 e. The highest BCUT2D eigenvalue weighted by atomic mass is 32.1. The van der Waals surface area contributed by atoms with E-state index in [1.54, 1.807) is 5.51 Å². The van der Waals surface area contributed by atoms with Gasteiger partial charge in [-0.3, -0.25) is 4.79 Å². The molecule has 2 aliphatic heterocycles. The van der Waals surface area contributed by atoms with E-state index in [9.17, 15) is 4.79 Å². The quantitative estimate of drug-likeness (QED) is 0.864. The minimum absolute atomic E-state index is 0.0721. The summed E-state index contributed by atoms with van der Waals surface area (Å²) in [5.74, 6) is 2.71. The normalized spacial score (nSPS) is 23.2. The summed E-state index contributed by atoms with van der Waals surface area (Å²) in [6.45, 7) is 5.21. The first-order valence-electron chi connectivity index (χ1n) is 8.25. The summed E-state index contributed by atoms with van der Waals surface area (Å²) in [5.41, 5.74) is 2.30. The number of thiazole rings is 1. The number of carbonyl (C=O) groups is 1. The van der Waals surface area contributed by atoms with E-state index in [0.717, 1.165) is 43.9 Å². The molecule has 2 aliphatic rings. The molecular formula is C16H21N5OS. The summed E-state index contributed by atoms with van der Waals surface area (Å²) < 4.78 is 2.26. The Hall–Kier alpha value is -1.76. The van der Waals surface area contributed by atoms with Gasteiger partial charge in [-0.25, -0.2) is 4.98 Å². The van der Waals surface area contributed by atoms with Crippen LogP contribution < -0.4 is 0 Å². The Kier molecular flexibility index (Phi) is 3.67. The lowest BCUT2D eigenvalue weighted by Gasteiger charge is -2.27. The van der Waals surface area contributed by atoms with Crippen molar-refractivity contribution >= 4 is 17.2 Å². The first kappa shape index (κ1) is 14.8. The molecule has 0 aliphatic carbocycles. The van der Waals surface area contributed by atoms with Crippen molar-refractivity contribution < 1.29 is 4.79 Å². The second-order valence-corrected chi connectivity index (χ2v) is 7.63. The third-order valence-electron chi connectivity index (χ3n) is 4.81. The third-order valence-corrected chi connectivity index (χ3v) is 5.40. The molecule has 0 saturated carbocycles. The van der Waals surface area contributed by atoms with Crippen LogP contribution in [0.25, 0.3) is 0 Å². The number of rotatable bonds is 3. The zero-order chi connectivity index (χ0) is 16.0. The molecule has 4 heterocycles. The molecule has 122 valence electrons. The Morgan fingerprint density at radius 2 is 2.17 bits per heavy atom. The summed E-state index contributed by atoms with van der Waals surface area (Å²) in [6, 6.07) is 0.462. The van der Waals surface area contributed by atoms with Gasteiger partial charge in [0.25, 0.3) is 5.91 Å². The van der Waals surface area contributed by atoms with E-state index in [0.29, 0.717) is 11.6 Å². The molecule has 2 aromatic heterocycles. The van der Waals surface area contributed by atoms with Crippen LogP contribution in [0.4, 0.5) is 0 Å². The molecule has 2 atom stereocenters. The van der Waals surface area contributed by atoms with Crippen molar-refractivity contribution in [3.8, 4) is 0 Å². The fourth-order valence-electron chi connectivity index (χ4n) is 3.79. The average molecular weight is 331 g/mol. The Morgan fingerprint density at radius 1 is 1.35 bits per heavy atom. The molecule has 0 spiro atoms. The van der Waals surface area contributed by atoms with Gasteiger partial charge in [0.05, 0.1) is 11.6 Å². The Balaban J connectivity index is 1.63. The molecule has 7 heteroatoms. The molecule has 0 N–H and O–H groups in total. The van der Waals surface area contributed by atoms with Gasteiger partial charge < -0.3 is 9.47 Å². The van der Waals surface area contributed by atoms with Gasteiger partial charge in [0.15, 0.2) is 0 Å². The number of amides is 1. The Bertz CT molecular complexity index is 708. The second kappa shape index (κ2) is 5.70. The summed E-state index contributed by atoms with van der Waals surface area (Å²) in [7, 11) is 0. The van der Waals surface area contributed by atoms with Gasteiger partial charge in [0, 0.05) is 30.8 Å². The third kappa shape index (κ3) is 2.56. The molecule has 0 unspecified atom stereocenters. The summed E-state index contributed by atoms with van der Waals surface area (Å²) in [4.78, 5) is 19.1. The van der Waals surface area contributed by atoms with Gasteiger partial charge in [-0.2, -0.15) is 0 Å². The Morgan fingerprint density at radius 3 is 2.91 bits per heavy atom. The van der Waals surface area contributed by atoms with Crippen molar-refractivity contribution in [2.45, 2.75) is 58.2 Å². The molecule has 1 fully saturated rings. The smallest absolute Gasteiger partial charge is 0.273 e. The molecule has 4 rings (SSSR count). The molecule has 2 bridgehead atoms. The lowest BCUT2D eigenvalue weighted by Crippen LogP contribution is -2.42. The molecule has 6 nitrogen and oxygen atoms in total. The van der Waals surface area contributed by atoms with Crippen molar-refractivity contribution in [2.24, 2.45) is 5.92 Å². The number of aromatic nitrogens is 4. The summed E-state index contributed by atoms with van der Waals surface area (Å²) in [6.07, 6.45) is 3.84. The van der Waals surface area contributed by atoms with Crippen molar-refractivity contribution in [2.75, 3.05) is 0 Å². The van der Waals surface area contributed by atoms with E-state index in [2.05, 4.69) is 38.5 Å². The van der Waals surface area contributed by atoms with E-state index in [-0.39, 0.29) is 18.0 Å². The van der Waals surface area contributed by atoms with Gasteiger partial charge >= 0.3 is 0 Å². The van der Waals surface area contributed by atoms with Crippen molar-refractivity contribution in [1.29, 1.82) is 0 Å². The van der Waals surface area contributed by atoms with Gasteiger partial charge in [-0.05, 0) is 18.8 Å². The SMILES string of the molecule is CC(C)Cc1nnc2n1C[C@H]1CC[C@@H](C2)N1C(=O)c1cscn1. The maximum absolute atomic E-state index is 12.8. The standard InChI is InChI=1S/C16H21N5OS/c1-10(2)5-14-18-19-15-6-11-3-4-12(7-20(14)15)21(11)16(22)13-8-23-9-17-13/h8-12H,3-7H2,1-2H3/t11-,12+/m0/s1. The van der Waals surface area contributed by atoms with Gasteiger partial charge in [-0.1, -0.05) is 13.8 Å². The lowest BCUT2D eigenvalue weighted by atomic mass is 10.1. The van der Waals surface area contributed by atoms with Crippen LogP contribution in [0.15, 0.2) is 10.9 Å². The first-order chi connectivity index (χ1) is 11.1. The van der Waals surface area contributed by atoms with E-state index >= 15 is 0 Å². The Labute approximate surface area is 139 Å². The summed E-state index contributed by atoms with van der Waals surface area (Å²) in [5, 5.41) is 10.6. The predicted molar refractivity (Wildman–Crippen MR) is 87.4 cm³/mol. The second-order valence-electron chi connectivity index (χ2n) is 6.92. The largest absolute Gasteiger partial charge is 0.329 e. The topological polar surface area (TPSA) is 63.9 Å². The number of carbonyl (C=O) groups excluding carboxylic acids is 1. The van der Waals surface area contributed by atoms with Crippen LogP contribution in [-0.4, -0.2) is 42.6 Å². The van der Waals surface area contributed by atoms with Crippen LogP contribution >= 0.6 is 11.3 Å².